The Kier molecular flexibility index (Phi) is 3.44. The molecule has 96 valence electrons. The van der Waals surface area contributed by atoms with Crippen molar-refractivity contribution in [1.29, 1.82) is 5.26 Å². The van der Waals surface area contributed by atoms with Crippen molar-refractivity contribution in [2.45, 2.75) is 4.90 Å². The second kappa shape index (κ2) is 5.04. The predicted molar refractivity (Wildman–Crippen MR) is 65.9 cm³/mol. The lowest BCUT2D eigenvalue weighted by molar-refractivity contribution is 0.595. The van der Waals surface area contributed by atoms with E-state index in [9.17, 15) is 12.8 Å². The minimum absolute atomic E-state index is 0.0392. The molecule has 1 heterocycles. The van der Waals surface area contributed by atoms with Gasteiger partial charge in [0.05, 0.1) is 11.1 Å². The highest BCUT2D eigenvalue weighted by atomic mass is 32.2. The molecule has 0 aliphatic heterocycles. The number of benzene rings is 1. The van der Waals surface area contributed by atoms with Gasteiger partial charge in [0, 0.05) is 0 Å². The summed E-state index contributed by atoms with van der Waals surface area (Å²) < 4.78 is 37.6. The normalized spacial score (nSPS) is 10.7. The van der Waals surface area contributed by atoms with Crippen LogP contribution in [0.15, 0.2) is 53.6 Å². The maximum absolute atomic E-state index is 12.8. The largest absolute Gasteiger partial charge is 0.278 e. The molecule has 1 aromatic heterocycles. The zero-order chi connectivity index (χ0) is 13.9. The van der Waals surface area contributed by atoms with Crippen LogP contribution < -0.4 is 4.31 Å². The van der Waals surface area contributed by atoms with Crippen LogP contribution in [0.25, 0.3) is 0 Å². The van der Waals surface area contributed by atoms with Gasteiger partial charge in [-0.1, -0.05) is 18.2 Å². The number of sulfonamides is 1. The van der Waals surface area contributed by atoms with Crippen molar-refractivity contribution in [2.75, 3.05) is 4.31 Å². The monoisotopic (exact) mass is 277 g/mol. The molecule has 0 atom stereocenters. The van der Waals surface area contributed by atoms with E-state index in [4.69, 9.17) is 5.26 Å². The lowest BCUT2D eigenvalue weighted by atomic mass is 10.4. The Labute approximate surface area is 109 Å². The molecule has 0 fully saturated rings. The molecule has 1 aromatic carbocycles. The van der Waals surface area contributed by atoms with Gasteiger partial charge >= 0.3 is 0 Å². The first-order valence-electron chi connectivity index (χ1n) is 5.17. The van der Waals surface area contributed by atoms with E-state index in [0.717, 1.165) is 18.3 Å². The molecule has 2 rings (SSSR count). The van der Waals surface area contributed by atoms with Gasteiger partial charge in [-0.15, -0.1) is 0 Å². The number of hydrogen-bond acceptors (Lipinski definition) is 4. The van der Waals surface area contributed by atoms with Gasteiger partial charge in [0.25, 0.3) is 10.0 Å². The molecule has 7 heteroatoms. The zero-order valence-electron chi connectivity index (χ0n) is 9.56. The van der Waals surface area contributed by atoms with Gasteiger partial charge in [-0.25, -0.2) is 9.37 Å². The van der Waals surface area contributed by atoms with Gasteiger partial charge in [0.1, 0.15) is 5.82 Å². The van der Waals surface area contributed by atoms with E-state index in [1.165, 1.54) is 18.3 Å². The number of pyridine rings is 1. The molecule has 0 amide bonds. The first-order chi connectivity index (χ1) is 9.05. The summed E-state index contributed by atoms with van der Waals surface area (Å²) in [5.41, 5.74) is 0. The number of aromatic nitrogens is 1. The van der Waals surface area contributed by atoms with Crippen LogP contribution >= 0.6 is 0 Å². The van der Waals surface area contributed by atoms with E-state index in [-0.39, 0.29) is 10.7 Å². The van der Waals surface area contributed by atoms with Crippen molar-refractivity contribution in [3.8, 4) is 6.19 Å². The molecule has 0 saturated carbocycles. The van der Waals surface area contributed by atoms with Gasteiger partial charge in [-0.2, -0.15) is 18.0 Å². The van der Waals surface area contributed by atoms with Crippen LogP contribution in [0.3, 0.4) is 0 Å². The summed E-state index contributed by atoms with van der Waals surface area (Å²) >= 11 is 0. The van der Waals surface area contributed by atoms with Crippen molar-refractivity contribution >= 4 is 15.8 Å². The van der Waals surface area contributed by atoms with E-state index in [1.54, 1.807) is 18.2 Å². The molecular formula is C12H8FN3O2S. The number of hydrogen-bond donors (Lipinski definition) is 0. The SMILES string of the molecule is N#CN(c1ccc(F)cn1)S(=O)(=O)c1ccccc1. The van der Waals surface area contributed by atoms with Crippen LogP contribution in [0.2, 0.25) is 0 Å². The van der Waals surface area contributed by atoms with Gasteiger partial charge in [-0.05, 0) is 24.3 Å². The molecule has 0 radical (unpaired) electrons. The molecule has 2 aromatic rings. The maximum Gasteiger partial charge on any atom is 0.278 e. The number of rotatable bonds is 3. The van der Waals surface area contributed by atoms with Gasteiger partial charge in [0.15, 0.2) is 5.82 Å². The highest BCUT2D eigenvalue weighted by Crippen LogP contribution is 2.20. The van der Waals surface area contributed by atoms with Crippen molar-refractivity contribution in [3.63, 3.8) is 0 Å². The Hall–Kier alpha value is -2.46. The van der Waals surface area contributed by atoms with E-state index in [2.05, 4.69) is 4.98 Å². The summed E-state index contributed by atoms with van der Waals surface area (Å²) in [6, 6.07) is 9.63. The lowest BCUT2D eigenvalue weighted by Gasteiger charge is -2.14. The van der Waals surface area contributed by atoms with E-state index in [0.29, 0.717) is 4.31 Å². The summed E-state index contributed by atoms with van der Waals surface area (Å²) in [4.78, 5) is 3.55. The van der Waals surface area contributed by atoms with Crippen LogP contribution in [0.1, 0.15) is 0 Å². The number of anilines is 1. The molecule has 5 nitrogen and oxygen atoms in total. The van der Waals surface area contributed by atoms with Crippen LogP contribution in [0.4, 0.5) is 10.2 Å². The van der Waals surface area contributed by atoms with Crippen LogP contribution in [-0.2, 0) is 10.0 Å². The highest BCUT2D eigenvalue weighted by molar-refractivity contribution is 7.93. The fourth-order valence-corrected chi connectivity index (χ4v) is 2.59. The maximum atomic E-state index is 12.8. The standard InChI is InChI=1S/C12H8FN3O2S/c13-10-6-7-12(15-8-10)16(9-14)19(17,18)11-4-2-1-3-5-11/h1-8H. The van der Waals surface area contributed by atoms with Gasteiger partial charge < -0.3 is 0 Å². The molecule has 0 aliphatic rings. The fourth-order valence-electron chi connectivity index (χ4n) is 1.41. The second-order valence-corrected chi connectivity index (χ2v) is 5.30. The molecule has 0 unspecified atom stereocenters. The Balaban J connectivity index is 2.49. The summed E-state index contributed by atoms with van der Waals surface area (Å²) in [5, 5.41) is 9.01. The van der Waals surface area contributed by atoms with Crippen molar-refractivity contribution in [2.24, 2.45) is 0 Å². The molecular weight excluding hydrogens is 269 g/mol. The summed E-state index contributed by atoms with van der Waals surface area (Å²) in [5.74, 6) is -0.772. The molecule has 0 N–H and O–H groups in total. The summed E-state index contributed by atoms with van der Waals surface area (Å²) in [6.07, 6.45) is 2.38. The van der Waals surface area contributed by atoms with Crippen LogP contribution in [0, 0.1) is 17.3 Å². The lowest BCUT2D eigenvalue weighted by Crippen LogP contribution is -2.26. The van der Waals surface area contributed by atoms with E-state index < -0.39 is 15.8 Å². The first-order valence-corrected chi connectivity index (χ1v) is 6.61. The topological polar surface area (TPSA) is 74.1 Å². The Morgan fingerprint density at radius 1 is 1.16 bits per heavy atom. The fraction of sp³-hybridized carbons (Fsp3) is 0. The number of halogens is 1. The quantitative estimate of drug-likeness (QED) is 0.634. The smallest absolute Gasteiger partial charge is 0.234 e. The third-order valence-electron chi connectivity index (χ3n) is 2.29. The Morgan fingerprint density at radius 2 is 1.84 bits per heavy atom. The predicted octanol–water partition coefficient (Wildman–Crippen LogP) is 1.90. The third-order valence-corrected chi connectivity index (χ3v) is 3.91. The minimum atomic E-state index is -4.03. The average molecular weight is 277 g/mol. The van der Waals surface area contributed by atoms with Crippen molar-refractivity contribution in [1.82, 2.24) is 4.98 Å². The van der Waals surface area contributed by atoms with Gasteiger partial charge in [0.2, 0.25) is 6.19 Å². The molecule has 0 bridgehead atoms. The molecule has 0 spiro atoms. The summed E-state index contributed by atoms with van der Waals surface area (Å²) in [6.45, 7) is 0. The third kappa shape index (κ3) is 2.53. The Morgan fingerprint density at radius 3 is 2.37 bits per heavy atom. The number of nitriles is 1. The van der Waals surface area contributed by atoms with Crippen LogP contribution in [-0.4, -0.2) is 13.4 Å². The second-order valence-electron chi connectivity index (χ2n) is 3.52. The molecule has 0 saturated heterocycles. The Bertz CT molecular complexity index is 709. The van der Waals surface area contributed by atoms with Crippen molar-refractivity contribution in [3.05, 3.63) is 54.5 Å². The molecule has 0 aliphatic carbocycles. The molecule has 19 heavy (non-hydrogen) atoms. The van der Waals surface area contributed by atoms with Crippen molar-refractivity contribution < 1.29 is 12.8 Å². The zero-order valence-corrected chi connectivity index (χ0v) is 10.4. The van der Waals surface area contributed by atoms with E-state index in [1.807, 2.05) is 0 Å². The number of nitrogens with zero attached hydrogens (tertiary/aromatic N) is 3. The van der Waals surface area contributed by atoms with E-state index >= 15 is 0 Å². The summed E-state index contributed by atoms with van der Waals surface area (Å²) in [7, 11) is -4.03. The average Bonchev–Trinajstić information content (AvgIpc) is 2.42. The minimum Gasteiger partial charge on any atom is -0.234 e. The highest BCUT2D eigenvalue weighted by Gasteiger charge is 2.25. The van der Waals surface area contributed by atoms with Gasteiger partial charge in [-0.3, -0.25) is 0 Å². The first kappa shape index (κ1) is 13.0. The van der Waals surface area contributed by atoms with Crippen LogP contribution in [0.5, 0.6) is 0 Å².